The fourth-order valence-corrected chi connectivity index (χ4v) is 3.58. The second-order valence-corrected chi connectivity index (χ2v) is 7.33. The van der Waals surface area contributed by atoms with Crippen LogP contribution in [0.4, 0.5) is 5.95 Å². The third kappa shape index (κ3) is 3.80. The Kier molecular flexibility index (Phi) is 4.53. The minimum Gasteiger partial charge on any atom is -0.481 e. The molecular formula is C17H26N4O2. The summed E-state index contributed by atoms with van der Waals surface area (Å²) in [6, 6.07) is 0. The molecule has 0 bridgehead atoms. The fourth-order valence-electron chi connectivity index (χ4n) is 3.58. The lowest BCUT2D eigenvalue weighted by Gasteiger charge is -2.40. The van der Waals surface area contributed by atoms with E-state index in [1.165, 1.54) is 12.8 Å². The SMILES string of the molecule is CN(C)c1ncc(CN2CCC[C@@](CC3CC3)(C(=O)O)C2)cn1. The van der Waals surface area contributed by atoms with Gasteiger partial charge in [-0.15, -0.1) is 0 Å². The zero-order valence-corrected chi connectivity index (χ0v) is 14.0. The van der Waals surface area contributed by atoms with Gasteiger partial charge in [-0.1, -0.05) is 12.8 Å². The number of nitrogens with zero attached hydrogens (tertiary/aromatic N) is 4. The number of anilines is 1. The number of hydrogen-bond acceptors (Lipinski definition) is 5. The summed E-state index contributed by atoms with van der Waals surface area (Å²) in [6.07, 6.45) is 8.71. The van der Waals surface area contributed by atoms with Gasteiger partial charge in [-0.3, -0.25) is 9.69 Å². The predicted molar refractivity (Wildman–Crippen MR) is 88.3 cm³/mol. The summed E-state index contributed by atoms with van der Waals surface area (Å²) in [5.41, 5.74) is 0.493. The van der Waals surface area contributed by atoms with Crippen LogP contribution in [-0.4, -0.2) is 53.1 Å². The molecule has 1 aliphatic heterocycles. The van der Waals surface area contributed by atoms with E-state index in [9.17, 15) is 9.90 Å². The van der Waals surface area contributed by atoms with Crippen molar-refractivity contribution in [2.24, 2.45) is 11.3 Å². The second kappa shape index (κ2) is 6.43. The Labute approximate surface area is 137 Å². The minimum atomic E-state index is -0.617. The standard InChI is InChI=1S/C17H26N4O2/c1-20(2)16-18-9-14(10-19-16)11-21-7-3-6-17(12-21,15(22)23)8-13-4-5-13/h9-10,13H,3-8,11-12H2,1-2H3,(H,22,23)/t17-/m0/s1. The van der Waals surface area contributed by atoms with Crippen LogP contribution in [0.15, 0.2) is 12.4 Å². The largest absolute Gasteiger partial charge is 0.481 e. The molecule has 1 N–H and O–H groups in total. The van der Waals surface area contributed by atoms with Crippen LogP contribution in [0.3, 0.4) is 0 Å². The predicted octanol–water partition coefficient (Wildman–Crippen LogP) is 2.01. The first kappa shape index (κ1) is 16.2. The van der Waals surface area contributed by atoms with Crippen molar-refractivity contribution in [3.8, 4) is 0 Å². The van der Waals surface area contributed by atoms with E-state index in [0.717, 1.165) is 37.9 Å². The van der Waals surface area contributed by atoms with Gasteiger partial charge in [0.1, 0.15) is 0 Å². The molecule has 0 aromatic carbocycles. The molecule has 1 atom stereocenters. The number of likely N-dealkylation sites (tertiary alicyclic amines) is 1. The molecule has 1 saturated heterocycles. The van der Waals surface area contributed by atoms with E-state index >= 15 is 0 Å². The number of aliphatic carboxylic acids is 1. The first-order valence-corrected chi connectivity index (χ1v) is 8.42. The van der Waals surface area contributed by atoms with Crippen LogP contribution in [0, 0.1) is 11.3 Å². The molecule has 6 heteroatoms. The van der Waals surface area contributed by atoms with Crippen LogP contribution < -0.4 is 4.90 Å². The molecule has 1 aromatic rings. The minimum absolute atomic E-state index is 0.552. The number of aromatic nitrogens is 2. The number of carboxylic acids is 1. The van der Waals surface area contributed by atoms with Crippen LogP contribution in [0.5, 0.6) is 0 Å². The van der Waals surface area contributed by atoms with E-state index < -0.39 is 11.4 Å². The van der Waals surface area contributed by atoms with Gasteiger partial charge in [-0.25, -0.2) is 9.97 Å². The Morgan fingerprint density at radius 1 is 1.39 bits per heavy atom. The van der Waals surface area contributed by atoms with E-state index in [4.69, 9.17) is 0 Å². The van der Waals surface area contributed by atoms with Crippen molar-refractivity contribution in [2.75, 3.05) is 32.1 Å². The molecule has 2 aliphatic rings. The lowest BCUT2D eigenvalue weighted by atomic mass is 9.75. The number of carboxylic acid groups (broad SMARTS) is 1. The van der Waals surface area contributed by atoms with Crippen molar-refractivity contribution in [3.63, 3.8) is 0 Å². The van der Waals surface area contributed by atoms with Gasteiger partial charge in [0.05, 0.1) is 5.41 Å². The van der Waals surface area contributed by atoms with Crippen molar-refractivity contribution in [1.29, 1.82) is 0 Å². The van der Waals surface area contributed by atoms with Gasteiger partial charge in [-0.05, 0) is 31.7 Å². The van der Waals surface area contributed by atoms with Gasteiger partial charge in [-0.2, -0.15) is 0 Å². The molecule has 0 radical (unpaired) electrons. The van der Waals surface area contributed by atoms with E-state index in [1.807, 2.05) is 31.4 Å². The fraction of sp³-hybridized carbons (Fsp3) is 0.706. The maximum atomic E-state index is 11.9. The molecule has 126 valence electrons. The molecule has 0 amide bonds. The summed E-state index contributed by atoms with van der Waals surface area (Å²) in [5, 5.41) is 9.79. The maximum Gasteiger partial charge on any atom is 0.310 e. The summed E-state index contributed by atoms with van der Waals surface area (Å²) in [7, 11) is 3.83. The summed E-state index contributed by atoms with van der Waals surface area (Å²) in [5.74, 6) is 0.711. The van der Waals surface area contributed by atoms with Crippen LogP contribution in [0.25, 0.3) is 0 Å². The highest BCUT2D eigenvalue weighted by Crippen LogP contribution is 2.45. The third-order valence-electron chi connectivity index (χ3n) is 4.98. The molecule has 3 rings (SSSR count). The topological polar surface area (TPSA) is 69.6 Å². The second-order valence-electron chi connectivity index (χ2n) is 7.33. The molecule has 1 saturated carbocycles. The average molecular weight is 318 g/mol. The average Bonchev–Trinajstić information content (AvgIpc) is 3.32. The molecular weight excluding hydrogens is 292 g/mol. The van der Waals surface area contributed by atoms with E-state index in [2.05, 4.69) is 14.9 Å². The third-order valence-corrected chi connectivity index (χ3v) is 4.98. The number of rotatable bonds is 6. The van der Waals surface area contributed by atoms with Crippen molar-refractivity contribution >= 4 is 11.9 Å². The molecule has 2 heterocycles. The van der Waals surface area contributed by atoms with Gasteiger partial charge in [0.15, 0.2) is 0 Å². The zero-order valence-electron chi connectivity index (χ0n) is 14.0. The van der Waals surface area contributed by atoms with Crippen molar-refractivity contribution in [1.82, 2.24) is 14.9 Å². The smallest absolute Gasteiger partial charge is 0.310 e. The number of piperidine rings is 1. The molecule has 23 heavy (non-hydrogen) atoms. The molecule has 0 unspecified atom stereocenters. The molecule has 1 aromatic heterocycles. The van der Waals surface area contributed by atoms with Crippen LogP contribution >= 0.6 is 0 Å². The monoisotopic (exact) mass is 318 g/mol. The highest BCUT2D eigenvalue weighted by molar-refractivity contribution is 5.75. The Balaban J connectivity index is 1.66. The summed E-state index contributed by atoms with van der Waals surface area (Å²) in [4.78, 5) is 24.7. The van der Waals surface area contributed by atoms with Gasteiger partial charge >= 0.3 is 5.97 Å². The highest BCUT2D eigenvalue weighted by atomic mass is 16.4. The van der Waals surface area contributed by atoms with Crippen molar-refractivity contribution in [2.45, 2.75) is 38.6 Å². The summed E-state index contributed by atoms with van der Waals surface area (Å²) in [6.45, 7) is 2.33. The summed E-state index contributed by atoms with van der Waals surface area (Å²) < 4.78 is 0. The molecule has 6 nitrogen and oxygen atoms in total. The van der Waals surface area contributed by atoms with Crippen LogP contribution in [0.1, 0.15) is 37.7 Å². The van der Waals surface area contributed by atoms with Gasteiger partial charge in [0, 0.05) is 45.1 Å². The van der Waals surface area contributed by atoms with E-state index in [0.29, 0.717) is 18.4 Å². The lowest BCUT2D eigenvalue weighted by Crippen LogP contribution is -2.47. The van der Waals surface area contributed by atoms with Crippen LogP contribution in [-0.2, 0) is 11.3 Å². The Bertz CT molecular complexity index is 556. The number of carbonyl (C=O) groups is 1. The normalized spacial score (nSPS) is 25.3. The van der Waals surface area contributed by atoms with Crippen molar-refractivity contribution in [3.05, 3.63) is 18.0 Å². The van der Waals surface area contributed by atoms with Gasteiger partial charge in [0.2, 0.25) is 5.95 Å². The Morgan fingerprint density at radius 2 is 2.09 bits per heavy atom. The highest BCUT2D eigenvalue weighted by Gasteiger charge is 2.45. The number of hydrogen-bond donors (Lipinski definition) is 1. The van der Waals surface area contributed by atoms with Crippen LogP contribution in [0.2, 0.25) is 0 Å². The van der Waals surface area contributed by atoms with E-state index in [1.54, 1.807) is 0 Å². The lowest BCUT2D eigenvalue weighted by molar-refractivity contribution is -0.153. The van der Waals surface area contributed by atoms with E-state index in [-0.39, 0.29) is 0 Å². The van der Waals surface area contributed by atoms with Crippen molar-refractivity contribution < 1.29 is 9.90 Å². The molecule has 0 spiro atoms. The Morgan fingerprint density at radius 3 is 2.65 bits per heavy atom. The maximum absolute atomic E-state index is 11.9. The first-order chi connectivity index (χ1) is 11.0. The quantitative estimate of drug-likeness (QED) is 0.865. The first-order valence-electron chi connectivity index (χ1n) is 8.42. The molecule has 1 aliphatic carbocycles. The summed E-state index contributed by atoms with van der Waals surface area (Å²) >= 11 is 0. The van der Waals surface area contributed by atoms with Gasteiger partial charge in [0.25, 0.3) is 0 Å². The Hall–Kier alpha value is -1.69. The zero-order chi connectivity index (χ0) is 16.4. The molecule has 2 fully saturated rings. The van der Waals surface area contributed by atoms with Gasteiger partial charge < -0.3 is 10.0 Å².